The molecule has 2 aliphatic heterocycles. The van der Waals surface area contributed by atoms with Gasteiger partial charge in [-0.05, 0) is 117 Å². The zero-order valence-corrected chi connectivity index (χ0v) is 35.8. The normalized spacial score (nSPS) is 22.6. The molecule has 0 fully saturated rings. The third-order valence-corrected chi connectivity index (χ3v) is 14.4. The van der Waals surface area contributed by atoms with Crippen LogP contribution in [0, 0.1) is 0 Å². The second-order valence-corrected chi connectivity index (χ2v) is 18.2. The minimum atomic E-state index is -0.813. The first-order valence-corrected chi connectivity index (χ1v) is 22.2. The topological polar surface area (TPSA) is 221 Å². The van der Waals surface area contributed by atoms with E-state index < -0.39 is 47.7 Å². The van der Waals surface area contributed by atoms with Crippen LogP contribution >= 0.6 is 0 Å². The summed E-state index contributed by atoms with van der Waals surface area (Å²) in [7, 11) is 0. The SMILES string of the molecule is Oc1ccc(C2[C@H]3c4c(c(O)cc5c4[C@@H](c4cc(O)cc(O)c4)[C@H](c4ccc(O)cc4)O5)[C@@H](c4ccc(O)cc4)[C@@H]2c2c3c(O)cc3c2[C@@H](c2cc(O)cc(O)c2)[C@@H](c2ccc(O)cc2)O3)cc1. The van der Waals surface area contributed by atoms with Crippen molar-refractivity contribution in [2.24, 2.45) is 0 Å². The van der Waals surface area contributed by atoms with Crippen molar-refractivity contribution in [3.63, 3.8) is 0 Å². The summed E-state index contributed by atoms with van der Waals surface area (Å²) < 4.78 is 13.8. The van der Waals surface area contributed by atoms with Crippen molar-refractivity contribution in [3.8, 4) is 69.0 Å². The molecule has 2 aliphatic carbocycles. The van der Waals surface area contributed by atoms with Gasteiger partial charge in [-0.15, -0.1) is 0 Å². The van der Waals surface area contributed by atoms with Gasteiger partial charge in [0.05, 0.1) is 11.8 Å². The average Bonchev–Trinajstić information content (AvgIpc) is 3.95. The molecule has 10 N–H and O–H groups in total. The van der Waals surface area contributed by atoms with Crippen LogP contribution in [0.2, 0.25) is 0 Å². The van der Waals surface area contributed by atoms with E-state index in [0.717, 1.165) is 5.56 Å². The molecule has 338 valence electrons. The van der Waals surface area contributed by atoms with Crippen LogP contribution in [0.4, 0.5) is 0 Å². The van der Waals surface area contributed by atoms with Gasteiger partial charge >= 0.3 is 0 Å². The van der Waals surface area contributed by atoms with Crippen LogP contribution in [-0.4, -0.2) is 51.1 Å². The number of hydrogen-bond donors (Lipinski definition) is 10. The standard InChI is InChI=1S/C56H42O12/c57-31-9-1-25(2-10-31)43-47-39(65)23-41-49(45(29-17-35(61)21-36(62)18-29)55(67-41)27-5-13-33(59)14-6-27)53(47)52-44(26-3-11-32(58)12-4-26)51(43)54-48(52)40(66)24-42-50(54)46(30-19-37(63)22-38(64)20-30)56(68-42)28-7-15-34(60)16-8-28/h1-24,43-46,51-52,55-66H/t43-,44?,45-,46-,51+,52-,55+,56-/m1/s1. The van der Waals surface area contributed by atoms with Gasteiger partial charge in [0.1, 0.15) is 81.2 Å². The van der Waals surface area contributed by atoms with Gasteiger partial charge in [-0.25, -0.2) is 0 Å². The van der Waals surface area contributed by atoms with Gasteiger partial charge in [-0.3, -0.25) is 0 Å². The van der Waals surface area contributed by atoms with Gasteiger partial charge in [0, 0.05) is 70.2 Å². The largest absolute Gasteiger partial charge is 0.508 e. The van der Waals surface area contributed by atoms with E-state index in [9.17, 15) is 51.1 Å². The van der Waals surface area contributed by atoms with Gasteiger partial charge in [0.15, 0.2) is 0 Å². The number of aromatic hydroxyl groups is 10. The fraction of sp³-hybridized carbons (Fsp3) is 0.143. The maximum atomic E-state index is 12.8. The first-order valence-electron chi connectivity index (χ1n) is 22.2. The van der Waals surface area contributed by atoms with Gasteiger partial charge in [-0.2, -0.15) is 0 Å². The number of fused-ring (bicyclic) bond motifs is 11. The maximum Gasteiger partial charge on any atom is 0.135 e. The van der Waals surface area contributed by atoms with Gasteiger partial charge < -0.3 is 60.5 Å². The summed E-state index contributed by atoms with van der Waals surface area (Å²) in [6, 6.07) is 38.6. The third kappa shape index (κ3) is 6.20. The monoisotopic (exact) mass is 906 g/mol. The summed E-state index contributed by atoms with van der Waals surface area (Å²) in [6.07, 6.45) is -1.61. The van der Waals surface area contributed by atoms with Gasteiger partial charge in [-0.1, -0.05) is 48.5 Å². The first kappa shape index (κ1) is 40.8. The van der Waals surface area contributed by atoms with E-state index >= 15 is 0 Å². The molecule has 12 rings (SSSR count). The van der Waals surface area contributed by atoms with E-state index in [-0.39, 0.29) is 57.5 Å². The van der Waals surface area contributed by atoms with E-state index in [0.29, 0.717) is 72.7 Å². The minimum Gasteiger partial charge on any atom is -0.508 e. The number of benzene rings is 8. The quantitative estimate of drug-likeness (QED) is 0.0753. The smallest absolute Gasteiger partial charge is 0.135 e. The minimum absolute atomic E-state index is 0.0177. The highest BCUT2D eigenvalue weighted by atomic mass is 16.5. The lowest BCUT2D eigenvalue weighted by atomic mass is 9.60. The van der Waals surface area contributed by atoms with Gasteiger partial charge in [0.2, 0.25) is 0 Å². The molecule has 2 heterocycles. The number of phenolic OH excluding ortho intramolecular Hbond substituents is 10. The lowest BCUT2D eigenvalue weighted by Crippen LogP contribution is -2.28. The first-order chi connectivity index (χ1) is 32.8. The number of phenols is 10. The molecule has 8 atom stereocenters. The van der Waals surface area contributed by atoms with Crippen LogP contribution in [0.15, 0.2) is 146 Å². The Morgan fingerprint density at radius 1 is 0.250 bits per heavy atom. The molecule has 1 unspecified atom stereocenters. The molecule has 0 saturated heterocycles. The Kier molecular flexibility index (Phi) is 8.97. The highest BCUT2D eigenvalue weighted by Crippen LogP contribution is 2.74. The average molecular weight is 907 g/mol. The zero-order valence-electron chi connectivity index (χ0n) is 35.8. The van der Waals surface area contributed by atoms with E-state index in [2.05, 4.69) is 0 Å². The van der Waals surface area contributed by atoms with Crippen molar-refractivity contribution >= 4 is 0 Å². The van der Waals surface area contributed by atoms with E-state index in [1.54, 1.807) is 121 Å². The molecule has 0 aromatic heterocycles. The Balaban J connectivity index is 1.21. The number of hydrogen-bond acceptors (Lipinski definition) is 12. The lowest BCUT2D eigenvalue weighted by Gasteiger charge is -2.41. The van der Waals surface area contributed by atoms with Crippen LogP contribution in [0.25, 0.3) is 0 Å². The van der Waals surface area contributed by atoms with Crippen molar-refractivity contribution in [2.45, 2.75) is 47.7 Å². The Hall–Kier alpha value is -8.64. The van der Waals surface area contributed by atoms with Crippen LogP contribution < -0.4 is 9.47 Å². The summed E-state index contributed by atoms with van der Waals surface area (Å²) >= 11 is 0. The third-order valence-electron chi connectivity index (χ3n) is 14.4. The molecule has 8 aromatic carbocycles. The molecule has 0 radical (unpaired) electrons. The molecule has 8 aromatic rings. The molecule has 68 heavy (non-hydrogen) atoms. The van der Waals surface area contributed by atoms with Crippen LogP contribution in [0.1, 0.15) is 114 Å². The molecular weight excluding hydrogens is 865 g/mol. The molecule has 4 aliphatic rings. The van der Waals surface area contributed by atoms with E-state index in [4.69, 9.17) is 9.47 Å². The number of ether oxygens (including phenoxy) is 2. The summed E-state index contributed by atoms with van der Waals surface area (Å²) in [5, 5.41) is 112. The molecule has 12 heteroatoms. The second-order valence-electron chi connectivity index (χ2n) is 18.2. The fourth-order valence-electron chi connectivity index (χ4n) is 12.0. The summed E-state index contributed by atoms with van der Waals surface area (Å²) in [5.74, 6) is -4.30. The molecule has 0 saturated carbocycles. The molecule has 0 amide bonds. The molecular formula is C56H42O12. The van der Waals surface area contributed by atoms with E-state index in [1.807, 2.05) is 12.1 Å². The Labute approximate surface area is 388 Å². The predicted molar refractivity (Wildman–Crippen MR) is 248 cm³/mol. The predicted octanol–water partition coefficient (Wildman–Crippen LogP) is 10.4. The molecule has 0 spiro atoms. The van der Waals surface area contributed by atoms with E-state index in [1.165, 1.54) is 12.1 Å². The highest BCUT2D eigenvalue weighted by Gasteiger charge is 2.59. The lowest BCUT2D eigenvalue weighted by molar-refractivity contribution is 0.221. The Bertz CT molecular complexity index is 3290. The zero-order chi connectivity index (χ0) is 46.9. The van der Waals surface area contributed by atoms with Crippen LogP contribution in [0.3, 0.4) is 0 Å². The molecule has 2 bridgehead atoms. The van der Waals surface area contributed by atoms with Crippen molar-refractivity contribution in [1.82, 2.24) is 0 Å². The van der Waals surface area contributed by atoms with Gasteiger partial charge in [0.25, 0.3) is 0 Å². The Morgan fingerprint density at radius 2 is 0.603 bits per heavy atom. The fourth-order valence-corrected chi connectivity index (χ4v) is 12.0. The van der Waals surface area contributed by atoms with Crippen molar-refractivity contribution in [3.05, 3.63) is 212 Å². The summed E-state index contributed by atoms with van der Waals surface area (Å²) in [6.45, 7) is 0. The number of rotatable bonds is 6. The van der Waals surface area contributed by atoms with Crippen molar-refractivity contribution in [1.29, 1.82) is 0 Å². The van der Waals surface area contributed by atoms with Crippen LogP contribution in [-0.2, 0) is 0 Å². The Morgan fingerprint density at radius 3 is 1.01 bits per heavy atom. The highest BCUT2D eigenvalue weighted by molar-refractivity contribution is 5.76. The molecule has 12 nitrogen and oxygen atoms in total. The van der Waals surface area contributed by atoms with Crippen LogP contribution in [0.5, 0.6) is 69.0 Å². The summed E-state index contributed by atoms with van der Waals surface area (Å²) in [4.78, 5) is 0. The second kappa shape index (κ2) is 14.9. The summed E-state index contributed by atoms with van der Waals surface area (Å²) in [5.41, 5.74) is 7.46. The van der Waals surface area contributed by atoms with Crippen molar-refractivity contribution in [2.75, 3.05) is 0 Å². The van der Waals surface area contributed by atoms with Crippen molar-refractivity contribution < 1.29 is 60.5 Å². The maximum absolute atomic E-state index is 12.8.